The summed E-state index contributed by atoms with van der Waals surface area (Å²) < 4.78 is 38.7. The molecule has 3 aliphatic heterocycles. The van der Waals surface area contributed by atoms with Crippen molar-refractivity contribution < 1.29 is 13.5 Å². The van der Waals surface area contributed by atoms with Gasteiger partial charge in [-0.15, -0.1) is 11.3 Å². The molecule has 10 aromatic carbocycles. The lowest BCUT2D eigenvalue weighted by atomic mass is 9.97. The number of piperidine rings is 1. The maximum absolute atomic E-state index is 13.9. The second-order valence-electron chi connectivity index (χ2n) is 37.0. The Hall–Kier alpha value is -14.9. The summed E-state index contributed by atoms with van der Waals surface area (Å²) in [4.78, 5) is 55.3. The molecule has 0 radical (unpaired) electrons. The van der Waals surface area contributed by atoms with Gasteiger partial charge in [0.15, 0.2) is 0 Å². The van der Waals surface area contributed by atoms with Crippen molar-refractivity contribution in [3.8, 4) is 112 Å². The van der Waals surface area contributed by atoms with E-state index in [1.807, 2.05) is 122 Å². The van der Waals surface area contributed by atoms with Crippen molar-refractivity contribution in [1.82, 2.24) is 78.6 Å². The highest BCUT2D eigenvalue weighted by Crippen LogP contribution is 2.41. The molecule has 0 saturated carbocycles. The molecule has 18 nitrogen and oxygen atoms in total. The predicted molar refractivity (Wildman–Crippen MR) is 574 cm³/mol. The van der Waals surface area contributed by atoms with Gasteiger partial charge in [0, 0.05) is 181 Å². The molecular formula is C120H115F2N17OS. The van der Waals surface area contributed by atoms with E-state index in [1.165, 1.54) is 88.1 Å². The molecule has 20 aromatic rings. The van der Waals surface area contributed by atoms with E-state index in [2.05, 4.69) is 292 Å². The third kappa shape index (κ3) is 23.3. The van der Waals surface area contributed by atoms with Gasteiger partial charge in [0.05, 0.1) is 104 Å². The first-order valence-electron chi connectivity index (χ1n) is 48.7. The second kappa shape index (κ2) is 44.9. The summed E-state index contributed by atoms with van der Waals surface area (Å²) in [5, 5.41) is 8.26. The molecule has 3 aliphatic rings. The van der Waals surface area contributed by atoms with E-state index in [-0.39, 0.29) is 11.6 Å². The Labute approximate surface area is 827 Å². The third-order valence-corrected chi connectivity index (χ3v) is 27.6. The van der Waals surface area contributed by atoms with Crippen LogP contribution in [-0.4, -0.2) is 177 Å². The van der Waals surface area contributed by atoms with Gasteiger partial charge in [0.2, 0.25) is 0 Å². The summed E-state index contributed by atoms with van der Waals surface area (Å²) in [6.07, 6.45) is 25.1. The van der Waals surface area contributed by atoms with Gasteiger partial charge in [-0.3, -0.25) is 39.8 Å². The van der Waals surface area contributed by atoms with Crippen LogP contribution >= 0.6 is 11.3 Å². The fraction of sp³-hybridized carbons (Fsp3) is 0.217. The maximum Gasteiger partial charge on any atom is 0.126 e. The molecule has 10 aromatic heterocycles. The highest BCUT2D eigenvalue weighted by atomic mass is 32.1. The number of nitrogens with one attached hydrogen (secondary N) is 1. The fourth-order valence-electron chi connectivity index (χ4n) is 19.0. The number of aromatic nitrogens is 12. The minimum absolute atomic E-state index is 0.197. The van der Waals surface area contributed by atoms with E-state index in [1.54, 1.807) is 43.6 Å². The Balaban J connectivity index is 0.000000113. The minimum atomic E-state index is -0.200. The van der Waals surface area contributed by atoms with Crippen LogP contribution in [0.1, 0.15) is 53.5 Å². The zero-order chi connectivity index (χ0) is 96.5. The number of morpholine rings is 1. The van der Waals surface area contributed by atoms with Crippen LogP contribution in [0.2, 0.25) is 0 Å². The minimum Gasteiger partial charge on any atom is -0.381 e. The number of piperazine rings is 1. The fourth-order valence-corrected chi connectivity index (χ4v) is 19.7. The molecule has 706 valence electrons. The van der Waals surface area contributed by atoms with Crippen LogP contribution in [0, 0.1) is 46.3 Å². The number of rotatable bonds is 20. The Morgan fingerprint density at radius 2 is 0.745 bits per heavy atom. The summed E-state index contributed by atoms with van der Waals surface area (Å²) in [5.74, 6) is -0.397. The number of hydrogen-bond acceptors (Lipinski definition) is 17. The number of ether oxygens (including phenoxy) is 1. The zero-order valence-corrected chi connectivity index (χ0v) is 81.7. The van der Waals surface area contributed by atoms with E-state index >= 15 is 0 Å². The average molecular weight is 1880 g/mol. The number of imidazole rings is 2. The van der Waals surface area contributed by atoms with Gasteiger partial charge in [-0.2, -0.15) is 0 Å². The molecule has 0 amide bonds. The Bertz CT molecular complexity index is 7750. The molecule has 23 rings (SSSR count). The van der Waals surface area contributed by atoms with Gasteiger partial charge in [-0.1, -0.05) is 138 Å². The number of halogens is 2. The van der Waals surface area contributed by atoms with Gasteiger partial charge in [-0.25, -0.2) is 23.7 Å². The van der Waals surface area contributed by atoms with Gasteiger partial charge >= 0.3 is 0 Å². The number of likely N-dealkylation sites (N-methyl/N-ethyl adjacent to an activating group) is 1. The molecule has 3 saturated heterocycles. The van der Waals surface area contributed by atoms with Crippen molar-refractivity contribution in [2.75, 3.05) is 98.1 Å². The number of nitrogens with zero attached hydrogens (tertiary/aromatic N) is 16. The molecule has 0 unspecified atom stereocenters. The predicted octanol–water partition coefficient (Wildman–Crippen LogP) is 26.2. The lowest BCUT2D eigenvalue weighted by molar-refractivity contribution is 0.0369. The molecule has 0 spiro atoms. The Kier molecular flexibility index (Phi) is 30.2. The molecule has 3 fully saturated rings. The number of fused-ring (bicyclic) bond motifs is 5. The third-order valence-electron chi connectivity index (χ3n) is 26.8. The van der Waals surface area contributed by atoms with Crippen molar-refractivity contribution in [3.63, 3.8) is 0 Å². The largest absolute Gasteiger partial charge is 0.381 e. The number of hydrogen-bond donors (Lipinski definition) is 1. The molecule has 1 N–H and O–H groups in total. The molecule has 0 atom stereocenters. The SMILES string of the molecule is Cc1cc(-c2ncc(NC3CCN(C)CC3)cc2-c2ccc3ncsc3c2)ccc1F.Cc1cc(-c2ncccc2-c2ccc3cnccc3c2)ccc1F.Cc1cccc(-c2ncccc2-c2ccc3cnccc3c2)c1.Cc1cccc(-c2ncccc2-c2ccc3ncn(CCCN4CCN(C)CC4)c3c2)c1.Cc1cccc(-c2ncccc2-c2ccc3ncn(CCCN4CCOCC4)c3c2)c1. The van der Waals surface area contributed by atoms with Gasteiger partial charge in [0.1, 0.15) is 11.6 Å². The molecule has 141 heavy (non-hydrogen) atoms. The lowest BCUT2D eigenvalue weighted by Gasteiger charge is -2.32. The van der Waals surface area contributed by atoms with Crippen molar-refractivity contribution >= 4 is 70.9 Å². The summed E-state index contributed by atoms with van der Waals surface area (Å²) in [6, 6.07) is 91.2. The summed E-state index contributed by atoms with van der Waals surface area (Å²) in [5.41, 5.74) is 34.6. The number of likely N-dealkylation sites (tertiary alicyclic amines) is 1. The first-order chi connectivity index (χ1) is 69.0. The highest BCUT2D eigenvalue weighted by molar-refractivity contribution is 7.16. The van der Waals surface area contributed by atoms with Gasteiger partial charge < -0.3 is 33.9 Å². The Morgan fingerprint density at radius 3 is 1.21 bits per heavy atom. The molecule has 13 heterocycles. The number of anilines is 1. The smallest absolute Gasteiger partial charge is 0.126 e. The Morgan fingerprint density at radius 1 is 0.333 bits per heavy atom. The van der Waals surface area contributed by atoms with E-state index in [0.29, 0.717) is 17.2 Å². The topological polar surface area (TPSA) is 173 Å². The van der Waals surface area contributed by atoms with E-state index < -0.39 is 0 Å². The lowest BCUT2D eigenvalue weighted by Crippen LogP contribution is -2.44. The quantitative estimate of drug-likeness (QED) is 0.0763. The molecule has 0 aliphatic carbocycles. The van der Waals surface area contributed by atoms with E-state index in [0.717, 1.165) is 230 Å². The second-order valence-corrected chi connectivity index (χ2v) is 37.9. The highest BCUT2D eigenvalue weighted by Gasteiger charge is 2.23. The van der Waals surface area contributed by atoms with Gasteiger partial charge in [-0.05, 0) is 289 Å². The van der Waals surface area contributed by atoms with E-state index in [4.69, 9.17) is 19.7 Å². The van der Waals surface area contributed by atoms with E-state index in [9.17, 15) is 8.78 Å². The average Bonchev–Trinajstić information content (AvgIpc) is 1.20. The first kappa shape index (κ1) is 95.0. The molecular weight excluding hydrogens is 1770 g/mol. The normalized spacial score (nSPS) is 13.8. The summed E-state index contributed by atoms with van der Waals surface area (Å²) in [7, 11) is 4.38. The number of pyridine rings is 7. The first-order valence-corrected chi connectivity index (χ1v) is 49.6. The van der Waals surface area contributed by atoms with Crippen LogP contribution in [0.25, 0.3) is 166 Å². The van der Waals surface area contributed by atoms with Gasteiger partial charge in [0.25, 0.3) is 0 Å². The summed E-state index contributed by atoms with van der Waals surface area (Å²) in [6.45, 7) is 24.8. The number of benzene rings is 10. The number of aryl methyl sites for hydroxylation is 7. The molecule has 21 heteroatoms. The zero-order valence-electron chi connectivity index (χ0n) is 80.9. The van der Waals surface area contributed by atoms with Crippen molar-refractivity contribution in [3.05, 3.63) is 380 Å². The van der Waals surface area contributed by atoms with Crippen molar-refractivity contribution in [2.24, 2.45) is 0 Å². The van der Waals surface area contributed by atoms with Crippen LogP contribution in [0.15, 0.2) is 341 Å². The monoisotopic (exact) mass is 1880 g/mol. The van der Waals surface area contributed by atoms with Crippen LogP contribution < -0.4 is 5.32 Å². The standard InChI is InChI=1S/C27H31N5.C26H28N4O.C25H25FN4S.C21H15FN2.C21H16N2/c1-21-6-3-7-23(18-21)27-24(8-4-11-28-27)22-9-10-25-26(19-22)32(20-29-25)13-5-12-31-16-14-30(2)15-17-31;1-20-5-2-6-22(17-20)26-23(7-3-10-27-26)21-8-9-24-25(18-21)30(19-28-24)12-4-11-29-13-15-31-16-14-29;1-16-11-18(3-5-22(16)26)25-21(17-4-6-23-24(12-17)31-15-28-23)13-20(14-27-25)29-19-7-9-30(2)10-8-19;1-14-11-17(6-7-20(14)22)21-19(3-2-9-24-21)16-4-5-18-13-23-10-8-15(18)12-16;1-15-4-2-5-18(12-15)21-20(6-3-10-23-21)17-7-8-19-14-22-11-9-16(19)13-17/h3-4,6-11,18-20H,5,12-17H2,1-2H3;2-3,5-10,17-19H,4,11-16H2,1H3;3-6,11-15,19,29H,7-10H2,1-2H3;2-13H,1H3;2-14H,1H3. The summed E-state index contributed by atoms with van der Waals surface area (Å²) >= 11 is 1.63. The maximum atomic E-state index is 13.9. The van der Waals surface area contributed by atoms with Crippen LogP contribution in [0.3, 0.4) is 0 Å². The van der Waals surface area contributed by atoms with Crippen LogP contribution in [-0.2, 0) is 17.8 Å². The van der Waals surface area contributed by atoms with Crippen molar-refractivity contribution in [1.29, 1.82) is 0 Å². The van der Waals surface area contributed by atoms with Crippen LogP contribution in [0.5, 0.6) is 0 Å². The van der Waals surface area contributed by atoms with Crippen molar-refractivity contribution in [2.45, 2.75) is 79.4 Å². The molecule has 0 bridgehead atoms. The van der Waals surface area contributed by atoms with Crippen LogP contribution in [0.4, 0.5) is 14.5 Å². The number of thiazole rings is 1.